The van der Waals surface area contributed by atoms with Gasteiger partial charge in [-0.2, -0.15) is 11.8 Å². The van der Waals surface area contributed by atoms with Crippen LogP contribution in [-0.4, -0.2) is 28.5 Å². The molecule has 1 N–H and O–H groups in total. The fourth-order valence-electron chi connectivity index (χ4n) is 1.66. The molecule has 0 aromatic heterocycles. The van der Waals surface area contributed by atoms with Crippen LogP contribution in [0.15, 0.2) is 30.3 Å². The van der Waals surface area contributed by atoms with Gasteiger partial charge < -0.3 is 9.84 Å². The molecule has 0 bridgehead atoms. The lowest BCUT2D eigenvalue weighted by atomic mass is 10.1. The fraction of sp³-hybridized carbons (Fsp3) is 0.562. The number of benzene rings is 1. The van der Waals surface area contributed by atoms with Crippen molar-refractivity contribution in [2.24, 2.45) is 5.92 Å². The molecule has 20 heavy (non-hydrogen) atoms. The molecule has 0 amide bonds. The highest BCUT2D eigenvalue weighted by molar-refractivity contribution is 7.98. The summed E-state index contributed by atoms with van der Waals surface area (Å²) in [5.41, 5.74) is 0.694. The Morgan fingerprint density at radius 1 is 1.30 bits per heavy atom. The Balaban J connectivity index is 2.49. The van der Waals surface area contributed by atoms with Gasteiger partial charge in [0.05, 0.1) is 12.0 Å². The quantitative estimate of drug-likeness (QED) is 0.819. The lowest BCUT2D eigenvalue weighted by Crippen LogP contribution is -2.35. The maximum atomic E-state index is 12.0. The third-order valence-electron chi connectivity index (χ3n) is 2.70. The largest absolute Gasteiger partial charge is 0.460 e. The summed E-state index contributed by atoms with van der Waals surface area (Å²) in [7, 11) is 0. The number of carbonyl (C=O) groups is 1. The summed E-state index contributed by atoms with van der Waals surface area (Å²) < 4.78 is 5.35. The number of hydrogen-bond donors (Lipinski definition) is 1. The topological polar surface area (TPSA) is 46.5 Å². The molecule has 0 heterocycles. The molecule has 112 valence electrons. The molecule has 0 aliphatic heterocycles. The van der Waals surface area contributed by atoms with Gasteiger partial charge in [0.2, 0.25) is 0 Å². The molecule has 0 aliphatic rings. The van der Waals surface area contributed by atoms with Crippen LogP contribution in [0.1, 0.15) is 33.3 Å². The number of aliphatic hydroxyl groups excluding tert-OH is 1. The number of aliphatic hydroxyl groups is 1. The monoisotopic (exact) mass is 296 g/mol. The van der Waals surface area contributed by atoms with Crippen molar-refractivity contribution in [3.05, 3.63) is 35.9 Å². The molecule has 0 radical (unpaired) electrons. The van der Waals surface area contributed by atoms with Crippen LogP contribution in [0, 0.1) is 5.92 Å². The highest BCUT2D eigenvalue weighted by Gasteiger charge is 2.28. The smallest absolute Gasteiger partial charge is 0.312 e. The molecular formula is C16H24O3S. The highest BCUT2D eigenvalue weighted by Crippen LogP contribution is 2.21. The summed E-state index contributed by atoms with van der Waals surface area (Å²) >= 11 is 1.64. The van der Waals surface area contributed by atoms with E-state index >= 15 is 0 Å². The Morgan fingerprint density at radius 2 is 1.90 bits per heavy atom. The van der Waals surface area contributed by atoms with Crippen LogP contribution in [0.3, 0.4) is 0 Å². The highest BCUT2D eigenvalue weighted by atomic mass is 32.2. The van der Waals surface area contributed by atoms with Crippen LogP contribution in [0.5, 0.6) is 0 Å². The van der Waals surface area contributed by atoms with Gasteiger partial charge in [0, 0.05) is 11.5 Å². The van der Waals surface area contributed by atoms with E-state index < -0.39 is 17.6 Å². The van der Waals surface area contributed by atoms with Gasteiger partial charge in [-0.3, -0.25) is 4.79 Å². The van der Waals surface area contributed by atoms with Gasteiger partial charge in [0.15, 0.2) is 0 Å². The molecule has 3 nitrogen and oxygen atoms in total. The SMILES string of the molecule is C[C@@H](O)[C@@H](CSCc1ccccc1)C(=O)OC(C)(C)C. The molecule has 0 fully saturated rings. The predicted molar refractivity (Wildman–Crippen MR) is 83.6 cm³/mol. The minimum absolute atomic E-state index is 0.326. The van der Waals surface area contributed by atoms with E-state index in [1.807, 2.05) is 39.0 Å². The number of hydrogen-bond acceptors (Lipinski definition) is 4. The van der Waals surface area contributed by atoms with Gasteiger partial charge in [-0.05, 0) is 33.3 Å². The van der Waals surface area contributed by atoms with Crippen molar-refractivity contribution in [3.63, 3.8) is 0 Å². The van der Waals surface area contributed by atoms with Crippen LogP contribution in [-0.2, 0) is 15.3 Å². The molecular weight excluding hydrogens is 272 g/mol. The van der Waals surface area contributed by atoms with Crippen molar-refractivity contribution in [3.8, 4) is 0 Å². The molecule has 2 atom stereocenters. The number of esters is 1. The summed E-state index contributed by atoms with van der Waals surface area (Å²) in [6.45, 7) is 7.14. The average Bonchev–Trinajstić information content (AvgIpc) is 2.33. The maximum absolute atomic E-state index is 12.0. The maximum Gasteiger partial charge on any atom is 0.312 e. The summed E-state index contributed by atoms with van der Waals surface area (Å²) in [5, 5.41) is 9.76. The standard InChI is InChI=1S/C16H24O3S/c1-12(17)14(15(18)19-16(2,3)4)11-20-10-13-8-6-5-7-9-13/h5-9,12,14,17H,10-11H2,1-4H3/t12-,14-/m1/s1. The minimum atomic E-state index is -0.701. The van der Waals surface area contributed by atoms with Gasteiger partial charge in [0.1, 0.15) is 5.60 Å². The fourth-order valence-corrected chi connectivity index (χ4v) is 2.87. The van der Waals surface area contributed by atoms with E-state index in [9.17, 15) is 9.90 Å². The van der Waals surface area contributed by atoms with Gasteiger partial charge in [0.25, 0.3) is 0 Å². The first-order valence-electron chi connectivity index (χ1n) is 6.82. The van der Waals surface area contributed by atoms with E-state index in [2.05, 4.69) is 12.1 Å². The third kappa shape index (κ3) is 6.44. The summed E-state index contributed by atoms with van der Waals surface area (Å²) in [6.07, 6.45) is -0.701. The van der Waals surface area contributed by atoms with E-state index in [1.165, 1.54) is 5.56 Å². The van der Waals surface area contributed by atoms with Crippen LogP contribution in [0.2, 0.25) is 0 Å². The Bertz CT molecular complexity index is 409. The lowest BCUT2D eigenvalue weighted by Gasteiger charge is -2.25. The van der Waals surface area contributed by atoms with E-state index in [4.69, 9.17) is 4.74 Å². The van der Waals surface area contributed by atoms with Gasteiger partial charge in [-0.15, -0.1) is 0 Å². The van der Waals surface area contributed by atoms with Crippen molar-refractivity contribution in [2.45, 2.75) is 45.2 Å². The second-order valence-electron chi connectivity index (χ2n) is 5.88. The molecule has 0 saturated heterocycles. The van der Waals surface area contributed by atoms with Crippen LogP contribution < -0.4 is 0 Å². The van der Waals surface area contributed by atoms with Crippen molar-refractivity contribution in [2.75, 3.05) is 5.75 Å². The number of ether oxygens (including phenoxy) is 1. The zero-order chi connectivity index (χ0) is 15.2. The van der Waals surface area contributed by atoms with Gasteiger partial charge >= 0.3 is 5.97 Å². The summed E-state index contributed by atoms with van der Waals surface area (Å²) in [4.78, 5) is 12.0. The number of thioether (sulfide) groups is 1. The van der Waals surface area contributed by atoms with Gasteiger partial charge in [-0.1, -0.05) is 30.3 Å². The normalized spacial score (nSPS) is 14.7. The van der Waals surface area contributed by atoms with Crippen molar-refractivity contribution in [1.29, 1.82) is 0 Å². The predicted octanol–water partition coefficient (Wildman–Crippen LogP) is 3.26. The Kier molecular flexibility index (Phi) is 6.56. The van der Waals surface area contributed by atoms with Crippen molar-refractivity contribution >= 4 is 17.7 Å². The molecule has 0 unspecified atom stereocenters. The van der Waals surface area contributed by atoms with E-state index in [1.54, 1.807) is 18.7 Å². The summed E-state index contributed by atoms with van der Waals surface area (Å²) in [6, 6.07) is 10.1. The zero-order valence-electron chi connectivity index (χ0n) is 12.6. The molecule has 0 aliphatic carbocycles. The number of rotatable bonds is 6. The van der Waals surface area contributed by atoms with Crippen LogP contribution in [0.4, 0.5) is 0 Å². The number of carbonyl (C=O) groups excluding carboxylic acids is 1. The summed E-state index contributed by atoms with van der Waals surface area (Å²) in [5.74, 6) is 0.574. The van der Waals surface area contributed by atoms with E-state index in [-0.39, 0.29) is 5.97 Å². The second-order valence-corrected chi connectivity index (χ2v) is 6.91. The van der Waals surface area contributed by atoms with Gasteiger partial charge in [-0.25, -0.2) is 0 Å². The lowest BCUT2D eigenvalue weighted by molar-refractivity contribution is -0.162. The first-order valence-corrected chi connectivity index (χ1v) is 7.97. The average molecular weight is 296 g/mol. The Hall–Kier alpha value is -1.00. The molecule has 0 saturated carbocycles. The van der Waals surface area contributed by atoms with Crippen LogP contribution >= 0.6 is 11.8 Å². The molecule has 0 spiro atoms. The van der Waals surface area contributed by atoms with E-state index in [0.29, 0.717) is 5.75 Å². The molecule has 1 aromatic rings. The molecule has 1 rings (SSSR count). The van der Waals surface area contributed by atoms with E-state index in [0.717, 1.165) is 5.75 Å². The van der Waals surface area contributed by atoms with Crippen molar-refractivity contribution < 1.29 is 14.6 Å². The molecule has 1 aromatic carbocycles. The first kappa shape index (κ1) is 17.1. The van der Waals surface area contributed by atoms with Crippen molar-refractivity contribution in [1.82, 2.24) is 0 Å². The minimum Gasteiger partial charge on any atom is -0.460 e. The third-order valence-corrected chi connectivity index (χ3v) is 3.83. The zero-order valence-corrected chi connectivity index (χ0v) is 13.4. The Labute approximate surface area is 125 Å². The first-order chi connectivity index (χ1) is 9.29. The van der Waals surface area contributed by atoms with Crippen LogP contribution in [0.25, 0.3) is 0 Å². The molecule has 4 heteroatoms. The second kappa shape index (κ2) is 7.70. The Morgan fingerprint density at radius 3 is 2.40 bits per heavy atom.